The third kappa shape index (κ3) is 0.871. The van der Waals surface area contributed by atoms with E-state index in [-0.39, 0.29) is 0 Å². The van der Waals surface area contributed by atoms with Crippen molar-refractivity contribution in [2.45, 2.75) is 25.7 Å². The molecule has 2 aliphatic carbocycles. The highest BCUT2D eigenvalue weighted by Gasteiger charge is 2.39. The molecule has 3 rings (SSSR count). The van der Waals surface area contributed by atoms with Gasteiger partial charge in [0.25, 0.3) is 0 Å². The third-order valence-electron chi connectivity index (χ3n) is 3.34. The van der Waals surface area contributed by atoms with Gasteiger partial charge in [-0.3, -0.25) is 0 Å². The molecular weight excluding hydrogens is 136 g/mol. The maximum atomic E-state index is 5.62. The van der Waals surface area contributed by atoms with Crippen molar-refractivity contribution in [1.29, 1.82) is 0 Å². The highest BCUT2D eigenvalue weighted by molar-refractivity contribution is 5.34. The number of hydrogen-bond acceptors (Lipinski definition) is 1. The van der Waals surface area contributed by atoms with Gasteiger partial charge in [-0.1, -0.05) is 11.1 Å². The van der Waals surface area contributed by atoms with Gasteiger partial charge >= 0.3 is 0 Å². The Bertz CT molecular complexity index is 217. The average molecular weight is 150 g/mol. The molecule has 1 heteroatoms. The van der Waals surface area contributed by atoms with Gasteiger partial charge in [0.15, 0.2) is 0 Å². The summed E-state index contributed by atoms with van der Waals surface area (Å²) in [7, 11) is 0. The van der Waals surface area contributed by atoms with Crippen LogP contribution in [0.15, 0.2) is 11.1 Å². The number of rotatable bonds is 0. The molecule has 2 saturated carbocycles. The van der Waals surface area contributed by atoms with E-state index < -0.39 is 0 Å². The fourth-order valence-corrected chi connectivity index (χ4v) is 2.64. The molecule has 0 aromatic rings. The minimum absolute atomic E-state index is 0.831. The van der Waals surface area contributed by atoms with Crippen molar-refractivity contribution < 1.29 is 4.74 Å². The molecular formula is C10H14O. The van der Waals surface area contributed by atoms with Crippen molar-refractivity contribution in [2.75, 3.05) is 13.2 Å². The Morgan fingerprint density at radius 2 is 2.00 bits per heavy atom. The quantitative estimate of drug-likeness (QED) is 0.481. The van der Waals surface area contributed by atoms with Crippen LogP contribution >= 0.6 is 0 Å². The molecule has 0 radical (unpaired) electrons. The molecule has 2 atom stereocenters. The van der Waals surface area contributed by atoms with E-state index in [9.17, 15) is 0 Å². The number of ether oxygens (including phenoxy) is 1. The van der Waals surface area contributed by atoms with Crippen LogP contribution in [0.3, 0.4) is 0 Å². The highest BCUT2D eigenvalue weighted by atomic mass is 16.5. The fourth-order valence-electron chi connectivity index (χ4n) is 2.64. The van der Waals surface area contributed by atoms with Gasteiger partial charge in [0, 0.05) is 11.8 Å². The lowest BCUT2D eigenvalue weighted by Gasteiger charge is -2.09. The Morgan fingerprint density at radius 1 is 1.09 bits per heavy atom. The maximum Gasteiger partial charge on any atom is 0.0534 e. The van der Waals surface area contributed by atoms with E-state index in [2.05, 4.69) is 0 Å². The van der Waals surface area contributed by atoms with Crippen LogP contribution in [0.25, 0.3) is 0 Å². The summed E-state index contributed by atoms with van der Waals surface area (Å²) in [6, 6.07) is 0. The molecule has 0 N–H and O–H groups in total. The Kier molecular flexibility index (Phi) is 1.19. The molecule has 0 saturated heterocycles. The summed E-state index contributed by atoms with van der Waals surface area (Å²) < 4.78 is 5.62. The number of fused-ring (bicyclic) bond motifs is 2. The summed E-state index contributed by atoms with van der Waals surface area (Å²) in [5, 5.41) is 0. The van der Waals surface area contributed by atoms with Gasteiger partial charge < -0.3 is 4.74 Å². The van der Waals surface area contributed by atoms with Gasteiger partial charge in [0.1, 0.15) is 0 Å². The zero-order valence-electron chi connectivity index (χ0n) is 6.81. The van der Waals surface area contributed by atoms with Gasteiger partial charge in [0.2, 0.25) is 0 Å². The molecule has 0 aromatic heterocycles. The van der Waals surface area contributed by atoms with E-state index in [1.54, 1.807) is 11.1 Å². The lowest BCUT2D eigenvalue weighted by molar-refractivity contribution is 0.109. The van der Waals surface area contributed by atoms with E-state index in [0.29, 0.717) is 0 Å². The SMILES string of the molecule is C1CC2=C3CC3COCC2C1. The normalized spacial score (nSPS) is 41.5. The first-order chi connectivity index (χ1) is 5.45. The minimum Gasteiger partial charge on any atom is -0.380 e. The van der Waals surface area contributed by atoms with Crippen LogP contribution in [-0.4, -0.2) is 13.2 Å². The van der Waals surface area contributed by atoms with E-state index in [0.717, 1.165) is 25.0 Å². The summed E-state index contributed by atoms with van der Waals surface area (Å²) in [6.45, 7) is 2.05. The van der Waals surface area contributed by atoms with E-state index >= 15 is 0 Å². The minimum atomic E-state index is 0.831. The molecule has 0 spiro atoms. The monoisotopic (exact) mass is 150 g/mol. The second-order valence-corrected chi connectivity index (χ2v) is 4.08. The van der Waals surface area contributed by atoms with Crippen LogP contribution in [-0.2, 0) is 4.74 Å². The Balaban J connectivity index is 1.96. The molecule has 1 nitrogen and oxygen atoms in total. The lowest BCUT2D eigenvalue weighted by Crippen LogP contribution is -2.06. The van der Waals surface area contributed by atoms with Crippen molar-refractivity contribution in [3.05, 3.63) is 11.1 Å². The van der Waals surface area contributed by atoms with Crippen molar-refractivity contribution in [3.8, 4) is 0 Å². The Labute approximate surface area is 67.4 Å². The second kappa shape index (κ2) is 2.10. The average Bonchev–Trinajstić information content (AvgIpc) is 2.65. The maximum absolute atomic E-state index is 5.62. The zero-order chi connectivity index (χ0) is 7.26. The molecule has 0 bridgehead atoms. The number of hydrogen-bond donors (Lipinski definition) is 0. The topological polar surface area (TPSA) is 9.23 Å². The fraction of sp³-hybridized carbons (Fsp3) is 0.800. The van der Waals surface area contributed by atoms with E-state index in [4.69, 9.17) is 4.74 Å². The first-order valence-corrected chi connectivity index (χ1v) is 4.74. The first-order valence-electron chi connectivity index (χ1n) is 4.74. The van der Waals surface area contributed by atoms with Gasteiger partial charge in [-0.2, -0.15) is 0 Å². The summed E-state index contributed by atoms with van der Waals surface area (Å²) >= 11 is 0. The van der Waals surface area contributed by atoms with E-state index in [1.165, 1.54) is 25.7 Å². The van der Waals surface area contributed by atoms with Crippen molar-refractivity contribution in [1.82, 2.24) is 0 Å². The molecule has 0 aromatic carbocycles. The van der Waals surface area contributed by atoms with Crippen LogP contribution in [0.1, 0.15) is 25.7 Å². The van der Waals surface area contributed by atoms with Crippen LogP contribution in [0.4, 0.5) is 0 Å². The van der Waals surface area contributed by atoms with E-state index in [1.807, 2.05) is 0 Å². The largest absolute Gasteiger partial charge is 0.380 e. The van der Waals surface area contributed by atoms with Gasteiger partial charge in [-0.05, 0) is 25.7 Å². The van der Waals surface area contributed by atoms with Crippen LogP contribution < -0.4 is 0 Å². The van der Waals surface area contributed by atoms with Gasteiger partial charge in [-0.25, -0.2) is 0 Å². The standard InChI is InChI=1S/C10H14O/c1-2-7-5-11-6-8-4-10(8)9(7)3-1/h7-8H,1-6H2. The molecule has 3 aliphatic rings. The third-order valence-corrected chi connectivity index (χ3v) is 3.34. The molecule has 2 fully saturated rings. The molecule has 1 heterocycles. The summed E-state index contributed by atoms with van der Waals surface area (Å²) in [5.74, 6) is 1.69. The van der Waals surface area contributed by atoms with Gasteiger partial charge in [-0.15, -0.1) is 0 Å². The van der Waals surface area contributed by atoms with Crippen LogP contribution in [0.5, 0.6) is 0 Å². The Morgan fingerprint density at radius 3 is 3.00 bits per heavy atom. The Hall–Kier alpha value is -0.300. The molecule has 11 heavy (non-hydrogen) atoms. The molecule has 60 valence electrons. The zero-order valence-corrected chi connectivity index (χ0v) is 6.81. The predicted molar refractivity (Wildman–Crippen MR) is 43.3 cm³/mol. The van der Waals surface area contributed by atoms with Crippen LogP contribution in [0.2, 0.25) is 0 Å². The van der Waals surface area contributed by atoms with Crippen molar-refractivity contribution in [3.63, 3.8) is 0 Å². The highest BCUT2D eigenvalue weighted by Crippen LogP contribution is 2.49. The predicted octanol–water partition coefficient (Wildman–Crippen LogP) is 2.13. The molecule has 1 aliphatic heterocycles. The first kappa shape index (κ1) is 6.24. The second-order valence-electron chi connectivity index (χ2n) is 4.08. The van der Waals surface area contributed by atoms with Crippen molar-refractivity contribution in [2.24, 2.45) is 11.8 Å². The van der Waals surface area contributed by atoms with Crippen molar-refractivity contribution >= 4 is 0 Å². The molecule has 0 amide bonds. The summed E-state index contributed by atoms with van der Waals surface area (Å²) in [5.41, 5.74) is 3.58. The summed E-state index contributed by atoms with van der Waals surface area (Å²) in [4.78, 5) is 0. The molecule has 2 unspecified atom stereocenters. The lowest BCUT2D eigenvalue weighted by atomic mass is 10.0. The van der Waals surface area contributed by atoms with Crippen LogP contribution in [0, 0.1) is 11.8 Å². The smallest absolute Gasteiger partial charge is 0.0534 e. The summed E-state index contributed by atoms with van der Waals surface area (Å²) in [6.07, 6.45) is 5.57. The van der Waals surface area contributed by atoms with Gasteiger partial charge in [0.05, 0.1) is 13.2 Å².